The molecule has 2 saturated heterocycles. The van der Waals surface area contributed by atoms with Crippen molar-refractivity contribution in [2.24, 2.45) is 0 Å². The number of hydrogen-bond donors (Lipinski definition) is 1. The summed E-state index contributed by atoms with van der Waals surface area (Å²) in [7, 11) is 0. The van der Waals surface area contributed by atoms with Crippen molar-refractivity contribution in [3.63, 3.8) is 0 Å². The van der Waals surface area contributed by atoms with Crippen molar-refractivity contribution >= 4 is 30.7 Å². The van der Waals surface area contributed by atoms with E-state index in [-0.39, 0.29) is 36.8 Å². The summed E-state index contributed by atoms with van der Waals surface area (Å²) in [5.74, 6) is 0.230. The molecule has 2 fully saturated rings. The van der Waals surface area contributed by atoms with E-state index in [1.807, 2.05) is 11.0 Å². The second-order valence-electron chi connectivity index (χ2n) is 6.04. The number of hydrogen-bond acceptors (Lipinski definition) is 4. The number of rotatable bonds is 4. The standard InChI is InChI=1S/C17H25N3O2.2ClH/c21-17(12-16-13-18-6-11-22-16)20-9-7-19(8-10-20)14-15-4-2-1-3-5-15;;/h1-5,16,18H,6-14H2;2*1H. The van der Waals surface area contributed by atoms with E-state index in [0.29, 0.717) is 13.0 Å². The molecular weight excluding hydrogens is 349 g/mol. The molecule has 24 heavy (non-hydrogen) atoms. The first-order chi connectivity index (χ1) is 10.8. The van der Waals surface area contributed by atoms with Crippen LogP contribution in [-0.4, -0.2) is 67.7 Å². The first kappa shape index (κ1) is 21.2. The first-order valence-electron chi connectivity index (χ1n) is 8.17. The average molecular weight is 376 g/mol. The predicted molar refractivity (Wildman–Crippen MR) is 100 cm³/mol. The molecule has 1 aromatic carbocycles. The molecule has 0 aromatic heterocycles. The normalized spacial score (nSPS) is 21.5. The molecule has 1 aromatic rings. The third-order valence-corrected chi connectivity index (χ3v) is 4.38. The maximum Gasteiger partial charge on any atom is 0.225 e. The maximum absolute atomic E-state index is 12.3. The van der Waals surface area contributed by atoms with Crippen molar-refractivity contribution in [1.29, 1.82) is 0 Å². The van der Waals surface area contributed by atoms with Crippen LogP contribution in [0.15, 0.2) is 30.3 Å². The average Bonchev–Trinajstić information content (AvgIpc) is 2.57. The van der Waals surface area contributed by atoms with Crippen molar-refractivity contribution in [2.45, 2.75) is 19.1 Å². The van der Waals surface area contributed by atoms with Gasteiger partial charge in [0.05, 0.1) is 19.1 Å². The Morgan fingerprint density at radius 1 is 1.12 bits per heavy atom. The Balaban J connectivity index is 0.00000144. The van der Waals surface area contributed by atoms with E-state index >= 15 is 0 Å². The minimum absolute atomic E-state index is 0. The first-order valence-corrected chi connectivity index (χ1v) is 8.17. The van der Waals surface area contributed by atoms with Crippen LogP contribution in [0.2, 0.25) is 0 Å². The number of piperazine rings is 1. The number of ether oxygens (including phenoxy) is 1. The van der Waals surface area contributed by atoms with E-state index in [9.17, 15) is 4.79 Å². The van der Waals surface area contributed by atoms with Gasteiger partial charge in [-0.2, -0.15) is 0 Å². The van der Waals surface area contributed by atoms with Crippen molar-refractivity contribution in [3.05, 3.63) is 35.9 Å². The minimum atomic E-state index is 0. The Hall–Kier alpha value is -0.850. The highest BCUT2D eigenvalue weighted by Crippen LogP contribution is 2.11. The number of nitrogens with one attached hydrogen (secondary N) is 1. The molecule has 3 rings (SSSR count). The summed E-state index contributed by atoms with van der Waals surface area (Å²) in [6.45, 7) is 6.91. The number of benzene rings is 1. The zero-order valence-electron chi connectivity index (χ0n) is 13.9. The second kappa shape index (κ2) is 10.9. The second-order valence-corrected chi connectivity index (χ2v) is 6.04. The van der Waals surface area contributed by atoms with Crippen LogP contribution < -0.4 is 5.32 Å². The van der Waals surface area contributed by atoms with Crippen LogP contribution >= 0.6 is 24.8 Å². The summed E-state index contributed by atoms with van der Waals surface area (Å²) in [4.78, 5) is 16.7. The molecule has 136 valence electrons. The number of carbonyl (C=O) groups excluding carboxylic acids is 1. The molecule has 0 aliphatic carbocycles. The quantitative estimate of drug-likeness (QED) is 0.866. The lowest BCUT2D eigenvalue weighted by atomic mass is 10.1. The van der Waals surface area contributed by atoms with Gasteiger partial charge in [0.2, 0.25) is 5.91 Å². The highest BCUT2D eigenvalue weighted by Gasteiger charge is 2.24. The fourth-order valence-electron chi connectivity index (χ4n) is 3.07. The molecule has 0 saturated carbocycles. The molecule has 1 amide bonds. The molecule has 7 heteroatoms. The summed E-state index contributed by atoms with van der Waals surface area (Å²) in [6, 6.07) is 10.5. The zero-order valence-corrected chi connectivity index (χ0v) is 15.5. The van der Waals surface area contributed by atoms with Gasteiger partial charge in [-0.05, 0) is 5.56 Å². The summed E-state index contributed by atoms with van der Waals surface area (Å²) in [5, 5.41) is 3.27. The van der Waals surface area contributed by atoms with Gasteiger partial charge in [-0.15, -0.1) is 24.8 Å². The van der Waals surface area contributed by atoms with Crippen molar-refractivity contribution in [1.82, 2.24) is 15.1 Å². The molecule has 1 unspecified atom stereocenters. The lowest BCUT2D eigenvalue weighted by molar-refractivity contribution is -0.136. The lowest BCUT2D eigenvalue weighted by Crippen LogP contribution is -2.50. The van der Waals surface area contributed by atoms with Gasteiger partial charge in [-0.25, -0.2) is 0 Å². The Labute approximate surface area is 156 Å². The van der Waals surface area contributed by atoms with Gasteiger partial charge in [0.15, 0.2) is 0 Å². The van der Waals surface area contributed by atoms with Gasteiger partial charge in [0.1, 0.15) is 0 Å². The zero-order chi connectivity index (χ0) is 15.2. The van der Waals surface area contributed by atoms with Gasteiger partial charge in [-0.1, -0.05) is 30.3 Å². The molecule has 1 N–H and O–H groups in total. The van der Waals surface area contributed by atoms with Crippen LogP contribution in [0.5, 0.6) is 0 Å². The van der Waals surface area contributed by atoms with Gasteiger partial charge in [0, 0.05) is 45.8 Å². The van der Waals surface area contributed by atoms with Crippen molar-refractivity contribution < 1.29 is 9.53 Å². The third kappa shape index (κ3) is 6.22. The monoisotopic (exact) mass is 375 g/mol. The van der Waals surface area contributed by atoms with Crippen molar-refractivity contribution in [2.75, 3.05) is 45.9 Å². The Kier molecular flexibility index (Phi) is 9.63. The molecule has 0 spiro atoms. The van der Waals surface area contributed by atoms with Crippen molar-refractivity contribution in [3.8, 4) is 0 Å². The van der Waals surface area contributed by atoms with E-state index in [4.69, 9.17) is 4.74 Å². The molecule has 5 nitrogen and oxygen atoms in total. The van der Waals surface area contributed by atoms with E-state index in [2.05, 4.69) is 34.5 Å². The minimum Gasteiger partial charge on any atom is -0.375 e. The topological polar surface area (TPSA) is 44.8 Å². The smallest absolute Gasteiger partial charge is 0.225 e. The van der Waals surface area contributed by atoms with Crippen LogP contribution in [0.1, 0.15) is 12.0 Å². The largest absolute Gasteiger partial charge is 0.375 e. The SMILES string of the molecule is Cl.Cl.O=C(CC1CNCCO1)N1CCN(Cc2ccccc2)CC1. The van der Waals surface area contributed by atoms with Gasteiger partial charge in [0.25, 0.3) is 0 Å². The molecule has 2 aliphatic rings. The fourth-order valence-corrected chi connectivity index (χ4v) is 3.07. The highest BCUT2D eigenvalue weighted by molar-refractivity contribution is 5.85. The molecular formula is C17H27Cl2N3O2. The third-order valence-electron chi connectivity index (χ3n) is 4.38. The number of carbonyl (C=O) groups is 1. The van der Waals surface area contributed by atoms with E-state index in [1.54, 1.807) is 0 Å². The highest BCUT2D eigenvalue weighted by atomic mass is 35.5. The van der Waals surface area contributed by atoms with Crippen LogP contribution in [-0.2, 0) is 16.1 Å². The van der Waals surface area contributed by atoms with Crippen LogP contribution in [0.4, 0.5) is 0 Å². The predicted octanol–water partition coefficient (Wildman–Crippen LogP) is 1.55. The number of morpholine rings is 1. The van der Waals surface area contributed by atoms with Crippen LogP contribution in [0.25, 0.3) is 0 Å². The Bertz CT molecular complexity index is 476. The van der Waals surface area contributed by atoms with E-state index < -0.39 is 0 Å². The summed E-state index contributed by atoms with van der Waals surface area (Å²) in [5.41, 5.74) is 1.34. The van der Waals surface area contributed by atoms with Crippen LogP contribution in [0.3, 0.4) is 0 Å². The van der Waals surface area contributed by atoms with Gasteiger partial charge in [-0.3, -0.25) is 9.69 Å². The van der Waals surface area contributed by atoms with Crippen LogP contribution in [0, 0.1) is 0 Å². The lowest BCUT2D eigenvalue weighted by Gasteiger charge is -2.35. The molecule has 0 radical (unpaired) electrons. The Morgan fingerprint density at radius 3 is 2.46 bits per heavy atom. The number of nitrogens with zero attached hydrogens (tertiary/aromatic N) is 2. The Morgan fingerprint density at radius 2 is 1.83 bits per heavy atom. The van der Waals surface area contributed by atoms with E-state index in [0.717, 1.165) is 45.8 Å². The van der Waals surface area contributed by atoms with Gasteiger partial charge < -0.3 is 15.0 Å². The number of amides is 1. The molecule has 1 atom stereocenters. The fraction of sp³-hybridized carbons (Fsp3) is 0.588. The van der Waals surface area contributed by atoms with E-state index in [1.165, 1.54) is 5.56 Å². The number of halogens is 2. The molecule has 2 heterocycles. The summed E-state index contributed by atoms with van der Waals surface area (Å²) >= 11 is 0. The summed E-state index contributed by atoms with van der Waals surface area (Å²) in [6.07, 6.45) is 0.551. The maximum atomic E-state index is 12.3. The summed E-state index contributed by atoms with van der Waals surface area (Å²) < 4.78 is 5.62. The molecule has 0 bridgehead atoms. The molecule has 2 aliphatic heterocycles. The van der Waals surface area contributed by atoms with Gasteiger partial charge >= 0.3 is 0 Å².